The molecule has 0 saturated heterocycles. The van der Waals surface area contributed by atoms with Crippen molar-refractivity contribution in [3.8, 4) is 0 Å². The molecule has 4 N–H and O–H groups in total. The van der Waals surface area contributed by atoms with Gasteiger partial charge in [-0.15, -0.1) is 0 Å². The minimum atomic E-state index is -1.02. The van der Waals surface area contributed by atoms with Crippen LogP contribution in [-0.4, -0.2) is 25.7 Å². The van der Waals surface area contributed by atoms with E-state index in [0.717, 1.165) is 51.7 Å². The van der Waals surface area contributed by atoms with Crippen LogP contribution in [0.2, 0.25) is 0 Å². The predicted molar refractivity (Wildman–Crippen MR) is 112 cm³/mol. The van der Waals surface area contributed by atoms with E-state index in [9.17, 15) is 4.79 Å². The molecule has 7 heteroatoms. The Hall–Kier alpha value is -3.61. The molecule has 2 aromatic heterocycles. The van der Waals surface area contributed by atoms with E-state index in [2.05, 4.69) is 20.9 Å². The van der Waals surface area contributed by atoms with Crippen molar-refractivity contribution in [2.45, 2.75) is 31.8 Å². The van der Waals surface area contributed by atoms with E-state index < -0.39 is 6.09 Å². The lowest BCUT2D eigenvalue weighted by Crippen LogP contribution is -2.19. The summed E-state index contributed by atoms with van der Waals surface area (Å²) in [7, 11) is 0. The zero-order valence-corrected chi connectivity index (χ0v) is 15.8. The third kappa shape index (κ3) is 3.24. The summed E-state index contributed by atoms with van der Waals surface area (Å²) in [6.07, 6.45) is 1.27. The molecule has 5 rings (SSSR count). The van der Waals surface area contributed by atoms with Crippen molar-refractivity contribution in [3.05, 3.63) is 65.5 Å². The highest BCUT2D eigenvalue weighted by molar-refractivity contribution is 6.06. The number of rotatable bonds is 5. The topological polar surface area (TPSA) is 106 Å². The number of amides is 1. The predicted octanol–water partition coefficient (Wildman–Crippen LogP) is 3.86. The number of nitrogens with one attached hydrogen (secondary N) is 1. The van der Waals surface area contributed by atoms with Crippen molar-refractivity contribution in [2.24, 2.45) is 0 Å². The van der Waals surface area contributed by atoms with Gasteiger partial charge in [0.15, 0.2) is 5.82 Å². The van der Waals surface area contributed by atoms with Crippen molar-refractivity contribution in [1.29, 1.82) is 0 Å². The average molecular weight is 387 g/mol. The lowest BCUT2D eigenvalue weighted by atomic mass is 10.1. The standard InChI is InChI=1S/C22H21N5O2/c23-20-18-19(16-3-1-2-4-17(16)25-20)27(21(26-18)15-9-10-15)12-14-7-5-13(6-8-14)11-24-22(28)29/h1-8,15,24H,9-12H2,(H2,23,25)(H,28,29). The van der Waals surface area contributed by atoms with Crippen LogP contribution in [-0.2, 0) is 13.1 Å². The molecule has 2 aromatic carbocycles. The SMILES string of the molecule is Nc1nc2ccccc2c2c1nc(C1CC1)n2Cc1ccc(CNC(=O)O)cc1. The highest BCUT2D eigenvalue weighted by atomic mass is 16.4. The fourth-order valence-corrected chi connectivity index (χ4v) is 3.81. The Morgan fingerprint density at radius 3 is 2.55 bits per heavy atom. The van der Waals surface area contributed by atoms with Crippen molar-refractivity contribution in [1.82, 2.24) is 19.9 Å². The molecule has 7 nitrogen and oxygen atoms in total. The Bertz CT molecular complexity index is 1230. The lowest BCUT2D eigenvalue weighted by Gasteiger charge is -2.11. The fraction of sp³-hybridized carbons (Fsp3) is 0.227. The summed E-state index contributed by atoms with van der Waals surface area (Å²) >= 11 is 0. The van der Waals surface area contributed by atoms with E-state index in [4.69, 9.17) is 15.8 Å². The van der Waals surface area contributed by atoms with Gasteiger partial charge in [0.05, 0.1) is 11.0 Å². The molecule has 0 spiro atoms. The third-order valence-corrected chi connectivity index (χ3v) is 5.39. The normalized spacial score (nSPS) is 13.8. The molecular formula is C22H21N5O2. The summed E-state index contributed by atoms with van der Waals surface area (Å²) in [5.41, 5.74) is 11.0. The van der Waals surface area contributed by atoms with Crippen LogP contribution < -0.4 is 11.1 Å². The molecule has 0 aliphatic heterocycles. The van der Waals surface area contributed by atoms with Crippen LogP contribution in [0.25, 0.3) is 21.9 Å². The van der Waals surface area contributed by atoms with Gasteiger partial charge in [0.2, 0.25) is 0 Å². The second-order valence-electron chi connectivity index (χ2n) is 7.52. The largest absolute Gasteiger partial charge is 0.465 e. The van der Waals surface area contributed by atoms with Crippen molar-refractivity contribution in [3.63, 3.8) is 0 Å². The Labute approximate surface area is 167 Å². The quantitative estimate of drug-likeness (QED) is 0.482. The third-order valence-electron chi connectivity index (χ3n) is 5.39. The monoisotopic (exact) mass is 387 g/mol. The van der Waals surface area contributed by atoms with Crippen LogP contribution >= 0.6 is 0 Å². The Morgan fingerprint density at radius 1 is 1.10 bits per heavy atom. The van der Waals surface area contributed by atoms with Gasteiger partial charge in [-0.1, -0.05) is 42.5 Å². The number of anilines is 1. The second-order valence-corrected chi connectivity index (χ2v) is 7.52. The van der Waals surface area contributed by atoms with Gasteiger partial charge < -0.3 is 20.7 Å². The Balaban J connectivity index is 1.58. The van der Waals surface area contributed by atoms with Crippen molar-refractivity contribution >= 4 is 33.8 Å². The second kappa shape index (κ2) is 6.77. The number of carboxylic acid groups (broad SMARTS) is 1. The molecule has 0 bridgehead atoms. The number of para-hydroxylation sites is 1. The summed E-state index contributed by atoms with van der Waals surface area (Å²) in [4.78, 5) is 20.1. The molecule has 1 aliphatic rings. The molecule has 1 aliphatic carbocycles. The number of nitrogen functional groups attached to an aromatic ring is 1. The highest BCUT2D eigenvalue weighted by Gasteiger charge is 2.30. The maximum atomic E-state index is 10.7. The zero-order chi connectivity index (χ0) is 20.0. The molecule has 146 valence electrons. The van der Waals surface area contributed by atoms with Crippen molar-refractivity contribution in [2.75, 3.05) is 5.73 Å². The molecule has 1 amide bonds. The first kappa shape index (κ1) is 17.5. The summed E-state index contributed by atoms with van der Waals surface area (Å²) in [5, 5.41) is 12.2. The lowest BCUT2D eigenvalue weighted by molar-refractivity contribution is 0.194. The van der Waals surface area contributed by atoms with E-state index in [1.165, 1.54) is 0 Å². The van der Waals surface area contributed by atoms with Crippen LogP contribution in [0.15, 0.2) is 48.5 Å². The molecule has 2 heterocycles. The molecule has 0 radical (unpaired) electrons. The first-order valence-corrected chi connectivity index (χ1v) is 9.69. The first-order chi connectivity index (χ1) is 14.1. The summed E-state index contributed by atoms with van der Waals surface area (Å²) in [6.45, 7) is 0.978. The number of pyridine rings is 1. The van der Waals surface area contributed by atoms with Crippen molar-refractivity contribution < 1.29 is 9.90 Å². The van der Waals surface area contributed by atoms with Crippen LogP contribution in [0.1, 0.15) is 35.7 Å². The molecule has 4 aromatic rings. The van der Waals surface area contributed by atoms with Gasteiger partial charge in [-0.2, -0.15) is 0 Å². The van der Waals surface area contributed by atoms with Crippen LogP contribution in [0.5, 0.6) is 0 Å². The van der Waals surface area contributed by atoms with E-state index in [1.54, 1.807) is 0 Å². The van der Waals surface area contributed by atoms with Gasteiger partial charge in [-0.25, -0.2) is 14.8 Å². The van der Waals surface area contributed by atoms with Gasteiger partial charge in [0.25, 0.3) is 0 Å². The minimum absolute atomic E-state index is 0.295. The zero-order valence-electron chi connectivity index (χ0n) is 15.8. The molecule has 0 unspecified atom stereocenters. The Kier molecular flexibility index (Phi) is 4.08. The summed E-state index contributed by atoms with van der Waals surface area (Å²) < 4.78 is 2.28. The molecule has 1 fully saturated rings. The number of benzene rings is 2. The fourth-order valence-electron chi connectivity index (χ4n) is 3.81. The number of hydrogen-bond donors (Lipinski definition) is 3. The number of aromatic nitrogens is 3. The smallest absolute Gasteiger partial charge is 0.404 e. The summed E-state index contributed by atoms with van der Waals surface area (Å²) in [5.74, 6) is 2.01. The molecule has 1 saturated carbocycles. The maximum absolute atomic E-state index is 10.7. The van der Waals surface area contributed by atoms with E-state index >= 15 is 0 Å². The average Bonchev–Trinajstić information content (AvgIpc) is 3.49. The first-order valence-electron chi connectivity index (χ1n) is 9.69. The minimum Gasteiger partial charge on any atom is -0.465 e. The van der Waals surface area contributed by atoms with E-state index in [-0.39, 0.29) is 0 Å². The molecule has 0 atom stereocenters. The van der Waals surface area contributed by atoms with Crippen LogP contribution in [0.4, 0.5) is 10.6 Å². The number of nitrogens with zero attached hydrogens (tertiary/aromatic N) is 3. The van der Waals surface area contributed by atoms with Crippen LogP contribution in [0.3, 0.4) is 0 Å². The van der Waals surface area contributed by atoms with Gasteiger partial charge in [0.1, 0.15) is 11.3 Å². The molecular weight excluding hydrogens is 366 g/mol. The highest BCUT2D eigenvalue weighted by Crippen LogP contribution is 2.42. The maximum Gasteiger partial charge on any atom is 0.404 e. The van der Waals surface area contributed by atoms with Gasteiger partial charge in [0, 0.05) is 24.4 Å². The van der Waals surface area contributed by atoms with Crippen LogP contribution in [0, 0.1) is 0 Å². The van der Waals surface area contributed by atoms with Gasteiger partial charge in [-0.3, -0.25) is 0 Å². The van der Waals surface area contributed by atoms with E-state index in [1.807, 2.05) is 42.5 Å². The number of imidazole rings is 1. The number of hydrogen-bond acceptors (Lipinski definition) is 4. The summed E-state index contributed by atoms with van der Waals surface area (Å²) in [6, 6.07) is 16.0. The van der Waals surface area contributed by atoms with E-state index in [0.29, 0.717) is 24.8 Å². The van der Waals surface area contributed by atoms with Gasteiger partial charge >= 0.3 is 6.09 Å². The number of fused-ring (bicyclic) bond motifs is 3. The number of carbonyl (C=O) groups is 1. The van der Waals surface area contributed by atoms with Gasteiger partial charge in [-0.05, 0) is 30.0 Å². The Morgan fingerprint density at radius 2 is 1.83 bits per heavy atom. The number of nitrogens with two attached hydrogens (primary N) is 1. The molecule has 29 heavy (non-hydrogen) atoms.